The van der Waals surface area contributed by atoms with E-state index in [-0.39, 0.29) is 11.6 Å². The van der Waals surface area contributed by atoms with E-state index in [0.29, 0.717) is 5.69 Å². The van der Waals surface area contributed by atoms with E-state index in [2.05, 4.69) is 6.58 Å². The van der Waals surface area contributed by atoms with Crippen molar-refractivity contribution in [3.8, 4) is 0 Å². The van der Waals surface area contributed by atoms with Crippen molar-refractivity contribution in [1.29, 1.82) is 0 Å². The fourth-order valence-corrected chi connectivity index (χ4v) is 1.22. The number of nitrogens with zero attached hydrogens (tertiary/aromatic N) is 1. The minimum atomic E-state index is -0.0245. The minimum absolute atomic E-state index is 0.0245. The molecule has 1 rings (SSSR count). The lowest BCUT2D eigenvalue weighted by Gasteiger charge is -2.12. The van der Waals surface area contributed by atoms with Crippen molar-refractivity contribution in [2.75, 3.05) is 5.73 Å². The number of pyridine rings is 1. The second kappa shape index (κ2) is 3.94. The van der Waals surface area contributed by atoms with Crippen LogP contribution < -0.4 is 11.3 Å². The van der Waals surface area contributed by atoms with Gasteiger partial charge in [-0.3, -0.25) is 4.79 Å². The molecule has 3 heteroatoms. The molecule has 0 aromatic carbocycles. The van der Waals surface area contributed by atoms with Gasteiger partial charge in [0.25, 0.3) is 5.56 Å². The molecule has 0 aliphatic carbocycles. The van der Waals surface area contributed by atoms with Crippen LogP contribution in [0.3, 0.4) is 0 Å². The van der Waals surface area contributed by atoms with Gasteiger partial charge in [-0.05, 0) is 19.4 Å². The second-order valence-corrected chi connectivity index (χ2v) is 3.08. The number of nitrogen functional groups attached to an aromatic ring is 1. The Morgan fingerprint density at radius 2 is 2.38 bits per heavy atom. The van der Waals surface area contributed by atoms with E-state index in [0.717, 1.165) is 6.42 Å². The summed E-state index contributed by atoms with van der Waals surface area (Å²) in [7, 11) is 0. The van der Waals surface area contributed by atoms with Gasteiger partial charge < -0.3 is 10.3 Å². The van der Waals surface area contributed by atoms with E-state index in [1.807, 2.05) is 6.92 Å². The van der Waals surface area contributed by atoms with Gasteiger partial charge in [0, 0.05) is 24.0 Å². The number of hydrogen-bond acceptors (Lipinski definition) is 2. The summed E-state index contributed by atoms with van der Waals surface area (Å²) in [5.74, 6) is 0. The van der Waals surface area contributed by atoms with Crippen LogP contribution in [0.2, 0.25) is 0 Å². The lowest BCUT2D eigenvalue weighted by atomic mass is 10.2. The van der Waals surface area contributed by atoms with E-state index in [1.165, 1.54) is 6.07 Å². The Bertz CT molecular complexity index is 354. The molecule has 3 nitrogen and oxygen atoms in total. The van der Waals surface area contributed by atoms with E-state index in [9.17, 15) is 4.79 Å². The predicted octanol–water partition coefficient (Wildman–Crippen LogP) is 1.57. The SMILES string of the molecule is C=CCC(C)n1cc(N)ccc1=O. The Hall–Kier alpha value is -1.51. The maximum Gasteiger partial charge on any atom is 0.250 e. The van der Waals surface area contributed by atoms with Crippen molar-refractivity contribution < 1.29 is 0 Å². The molecule has 0 fully saturated rings. The lowest BCUT2D eigenvalue weighted by molar-refractivity contribution is 0.537. The molecule has 0 aliphatic heterocycles. The summed E-state index contributed by atoms with van der Waals surface area (Å²) in [6.45, 7) is 5.59. The largest absolute Gasteiger partial charge is 0.398 e. The summed E-state index contributed by atoms with van der Waals surface area (Å²) in [4.78, 5) is 11.4. The summed E-state index contributed by atoms with van der Waals surface area (Å²) < 4.78 is 1.62. The molecule has 0 saturated carbocycles. The average Bonchev–Trinajstić information content (AvgIpc) is 2.09. The summed E-state index contributed by atoms with van der Waals surface area (Å²) >= 11 is 0. The third kappa shape index (κ3) is 2.21. The zero-order chi connectivity index (χ0) is 9.84. The van der Waals surface area contributed by atoms with Gasteiger partial charge in [-0.25, -0.2) is 0 Å². The van der Waals surface area contributed by atoms with Crippen LogP contribution in [-0.4, -0.2) is 4.57 Å². The second-order valence-electron chi connectivity index (χ2n) is 3.08. The molecule has 0 bridgehead atoms. The maximum atomic E-state index is 11.4. The van der Waals surface area contributed by atoms with Crippen LogP contribution in [0.5, 0.6) is 0 Å². The number of anilines is 1. The summed E-state index contributed by atoms with van der Waals surface area (Å²) in [5, 5.41) is 0. The van der Waals surface area contributed by atoms with Gasteiger partial charge in [0.15, 0.2) is 0 Å². The maximum absolute atomic E-state index is 11.4. The molecule has 0 aliphatic rings. The van der Waals surface area contributed by atoms with Gasteiger partial charge in [0.05, 0.1) is 0 Å². The van der Waals surface area contributed by atoms with Gasteiger partial charge >= 0.3 is 0 Å². The standard InChI is InChI=1S/C10H14N2O/c1-3-4-8(2)12-7-9(11)5-6-10(12)13/h3,5-8H,1,4,11H2,2H3. The topological polar surface area (TPSA) is 48.0 Å². The molecule has 1 aromatic heterocycles. The monoisotopic (exact) mass is 178 g/mol. The van der Waals surface area contributed by atoms with Crippen LogP contribution >= 0.6 is 0 Å². The highest BCUT2D eigenvalue weighted by Gasteiger charge is 2.03. The third-order valence-electron chi connectivity index (χ3n) is 1.94. The van der Waals surface area contributed by atoms with Crippen LogP contribution in [0.1, 0.15) is 19.4 Å². The highest BCUT2D eigenvalue weighted by molar-refractivity contribution is 5.33. The highest BCUT2D eigenvalue weighted by atomic mass is 16.1. The fourth-order valence-electron chi connectivity index (χ4n) is 1.22. The zero-order valence-electron chi connectivity index (χ0n) is 7.73. The van der Waals surface area contributed by atoms with Crippen LogP contribution in [0.25, 0.3) is 0 Å². The number of rotatable bonds is 3. The van der Waals surface area contributed by atoms with Crippen LogP contribution in [0.4, 0.5) is 5.69 Å². The molecular formula is C10H14N2O. The van der Waals surface area contributed by atoms with E-state index >= 15 is 0 Å². The average molecular weight is 178 g/mol. The van der Waals surface area contributed by atoms with Gasteiger partial charge in [-0.1, -0.05) is 6.08 Å². The highest BCUT2D eigenvalue weighted by Crippen LogP contribution is 2.09. The first kappa shape index (κ1) is 9.58. The molecule has 0 amide bonds. The summed E-state index contributed by atoms with van der Waals surface area (Å²) in [5.41, 5.74) is 6.16. The van der Waals surface area contributed by atoms with Gasteiger partial charge in [0.1, 0.15) is 0 Å². The molecule has 1 unspecified atom stereocenters. The first-order valence-electron chi connectivity index (χ1n) is 4.23. The summed E-state index contributed by atoms with van der Waals surface area (Å²) in [6.07, 6.45) is 4.22. The number of hydrogen-bond donors (Lipinski definition) is 1. The molecule has 1 aromatic rings. The van der Waals surface area contributed by atoms with E-state index in [4.69, 9.17) is 5.73 Å². The molecule has 70 valence electrons. The molecule has 0 saturated heterocycles. The van der Waals surface area contributed by atoms with Crippen molar-refractivity contribution in [1.82, 2.24) is 4.57 Å². The van der Waals surface area contributed by atoms with Gasteiger partial charge in [0.2, 0.25) is 0 Å². The molecule has 2 N–H and O–H groups in total. The molecule has 0 spiro atoms. The number of aromatic nitrogens is 1. The number of nitrogens with two attached hydrogens (primary N) is 1. The Balaban J connectivity index is 3.05. The van der Waals surface area contributed by atoms with Crippen LogP contribution in [0, 0.1) is 0 Å². The van der Waals surface area contributed by atoms with Crippen molar-refractivity contribution in [2.24, 2.45) is 0 Å². The predicted molar refractivity (Wildman–Crippen MR) is 54.6 cm³/mol. The first-order chi connectivity index (χ1) is 6.15. The normalized spacial score (nSPS) is 12.4. The van der Waals surface area contributed by atoms with Crippen LogP contribution in [-0.2, 0) is 0 Å². The van der Waals surface area contributed by atoms with E-state index in [1.54, 1.807) is 22.9 Å². The van der Waals surface area contributed by atoms with Crippen LogP contribution in [0.15, 0.2) is 35.8 Å². The smallest absolute Gasteiger partial charge is 0.250 e. The lowest BCUT2D eigenvalue weighted by Crippen LogP contribution is -2.21. The van der Waals surface area contributed by atoms with E-state index < -0.39 is 0 Å². The minimum Gasteiger partial charge on any atom is -0.398 e. The number of allylic oxidation sites excluding steroid dienone is 1. The summed E-state index contributed by atoms with van der Waals surface area (Å²) in [6, 6.07) is 3.21. The Morgan fingerprint density at radius 1 is 1.69 bits per heavy atom. The Labute approximate surface area is 77.5 Å². The fraction of sp³-hybridized carbons (Fsp3) is 0.300. The van der Waals surface area contributed by atoms with Crippen molar-refractivity contribution >= 4 is 5.69 Å². The first-order valence-corrected chi connectivity index (χ1v) is 4.23. The van der Waals surface area contributed by atoms with Crippen molar-refractivity contribution in [3.05, 3.63) is 41.3 Å². The molecule has 13 heavy (non-hydrogen) atoms. The molecule has 0 radical (unpaired) electrons. The Morgan fingerprint density at radius 3 is 3.00 bits per heavy atom. The van der Waals surface area contributed by atoms with Gasteiger partial charge in [-0.15, -0.1) is 6.58 Å². The molecular weight excluding hydrogens is 164 g/mol. The van der Waals surface area contributed by atoms with Crippen molar-refractivity contribution in [2.45, 2.75) is 19.4 Å². The molecule has 1 atom stereocenters. The van der Waals surface area contributed by atoms with Gasteiger partial charge in [-0.2, -0.15) is 0 Å². The van der Waals surface area contributed by atoms with Crippen molar-refractivity contribution in [3.63, 3.8) is 0 Å². The Kier molecular flexibility index (Phi) is 2.90. The zero-order valence-corrected chi connectivity index (χ0v) is 7.73. The quantitative estimate of drug-likeness (QED) is 0.714. The molecule has 1 heterocycles. The third-order valence-corrected chi connectivity index (χ3v) is 1.94.